The SMILES string of the molecule is CSc1sc(C(N)=O)c2c1-c1nc(C)sc1CC2. The lowest BCUT2D eigenvalue weighted by molar-refractivity contribution is 0.100. The summed E-state index contributed by atoms with van der Waals surface area (Å²) in [7, 11) is 0. The van der Waals surface area contributed by atoms with Crippen molar-refractivity contribution in [3.8, 4) is 11.3 Å². The summed E-state index contributed by atoms with van der Waals surface area (Å²) in [4.78, 5) is 18.2. The van der Waals surface area contributed by atoms with Gasteiger partial charge in [-0.25, -0.2) is 4.98 Å². The molecule has 1 aliphatic carbocycles. The Morgan fingerprint density at radius 2 is 2.17 bits per heavy atom. The fourth-order valence-electron chi connectivity index (χ4n) is 2.34. The van der Waals surface area contributed by atoms with Crippen molar-refractivity contribution in [2.24, 2.45) is 5.73 Å². The molecule has 0 saturated carbocycles. The Balaban J connectivity index is 2.29. The van der Waals surface area contributed by atoms with Gasteiger partial charge in [0.15, 0.2) is 0 Å². The minimum Gasteiger partial charge on any atom is -0.365 e. The molecule has 2 aromatic rings. The summed E-state index contributed by atoms with van der Waals surface area (Å²) in [5.41, 5.74) is 8.82. The maximum absolute atomic E-state index is 11.5. The number of primary amides is 1. The maximum atomic E-state index is 11.5. The predicted octanol–water partition coefficient (Wildman–Crippen LogP) is 3.10. The van der Waals surface area contributed by atoms with Crippen LogP contribution in [0.2, 0.25) is 0 Å². The lowest BCUT2D eigenvalue weighted by atomic mass is 9.95. The zero-order chi connectivity index (χ0) is 12.9. The molecule has 1 aliphatic rings. The van der Waals surface area contributed by atoms with Crippen molar-refractivity contribution in [1.82, 2.24) is 4.98 Å². The molecule has 0 aliphatic heterocycles. The van der Waals surface area contributed by atoms with Crippen molar-refractivity contribution in [3.63, 3.8) is 0 Å². The first-order valence-electron chi connectivity index (χ1n) is 5.58. The number of rotatable bonds is 2. The van der Waals surface area contributed by atoms with Crippen LogP contribution in [-0.2, 0) is 12.8 Å². The largest absolute Gasteiger partial charge is 0.365 e. The van der Waals surface area contributed by atoms with Crippen LogP contribution in [0.5, 0.6) is 0 Å². The van der Waals surface area contributed by atoms with Crippen LogP contribution in [0.15, 0.2) is 4.21 Å². The molecule has 6 heteroatoms. The average Bonchev–Trinajstić information content (AvgIpc) is 2.87. The van der Waals surface area contributed by atoms with E-state index >= 15 is 0 Å². The number of hydrogen-bond acceptors (Lipinski definition) is 5. The highest BCUT2D eigenvalue weighted by molar-refractivity contribution is 8.00. The third-order valence-electron chi connectivity index (χ3n) is 3.03. The highest BCUT2D eigenvalue weighted by Gasteiger charge is 2.29. The van der Waals surface area contributed by atoms with Crippen molar-refractivity contribution in [3.05, 3.63) is 20.3 Å². The fourth-order valence-corrected chi connectivity index (χ4v) is 5.22. The Bertz CT molecular complexity index is 642. The highest BCUT2D eigenvalue weighted by atomic mass is 32.2. The van der Waals surface area contributed by atoms with Crippen LogP contribution < -0.4 is 5.73 Å². The number of thioether (sulfide) groups is 1. The van der Waals surface area contributed by atoms with Crippen LogP contribution in [0.1, 0.15) is 25.1 Å². The van der Waals surface area contributed by atoms with Gasteiger partial charge in [0.2, 0.25) is 0 Å². The number of fused-ring (bicyclic) bond motifs is 3. The molecule has 3 nitrogen and oxygen atoms in total. The second kappa shape index (κ2) is 4.36. The van der Waals surface area contributed by atoms with Gasteiger partial charge in [-0.05, 0) is 31.6 Å². The molecular weight excluding hydrogens is 284 g/mol. The topological polar surface area (TPSA) is 56.0 Å². The van der Waals surface area contributed by atoms with Gasteiger partial charge in [-0.3, -0.25) is 4.79 Å². The third-order valence-corrected chi connectivity index (χ3v) is 6.42. The number of thiazole rings is 1. The molecule has 0 fully saturated rings. The van der Waals surface area contributed by atoms with E-state index in [-0.39, 0.29) is 5.91 Å². The van der Waals surface area contributed by atoms with Crippen molar-refractivity contribution in [1.29, 1.82) is 0 Å². The van der Waals surface area contributed by atoms with Gasteiger partial charge < -0.3 is 5.73 Å². The summed E-state index contributed by atoms with van der Waals surface area (Å²) in [6.45, 7) is 2.03. The second-order valence-corrected chi connectivity index (χ2v) is 7.53. The molecule has 94 valence electrons. The van der Waals surface area contributed by atoms with Crippen molar-refractivity contribution in [2.75, 3.05) is 6.26 Å². The molecule has 2 heterocycles. The van der Waals surface area contributed by atoms with Crippen LogP contribution in [0.3, 0.4) is 0 Å². The molecular formula is C12H12N2OS3. The molecule has 0 radical (unpaired) electrons. The van der Waals surface area contributed by atoms with Gasteiger partial charge in [-0.15, -0.1) is 34.4 Å². The van der Waals surface area contributed by atoms with Crippen LogP contribution in [-0.4, -0.2) is 17.1 Å². The highest BCUT2D eigenvalue weighted by Crippen LogP contribution is 2.46. The first kappa shape index (κ1) is 12.2. The van der Waals surface area contributed by atoms with E-state index in [0.29, 0.717) is 4.88 Å². The number of nitrogens with zero attached hydrogens (tertiary/aromatic N) is 1. The van der Waals surface area contributed by atoms with Crippen molar-refractivity contribution >= 4 is 40.3 Å². The lowest BCUT2D eigenvalue weighted by Crippen LogP contribution is -2.13. The van der Waals surface area contributed by atoms with Gasteiger partial charge in [-0.1, -0.05) is 0 Å². The maximum Gasteiger partial charge on any atom is 0.259 e. The van der Waals surface area contributed by atoms with E-state index in [1.165, 1.54) is 16.2 Å². The molecule has 2 N–H and O–H groups in total. The van der Waals surface area contributed by atoms with E-state index in [4.69, 9.17) is 5.73 Å². The standard InChI is InChI=1S/C12H12N2OS3/c1-5-14-9-7(17-5)4-3-6-8(9)12(16-2)18-10(6)11(13)15/h3-4H2,1-2H3,(H2,13,15). The average molecular weight is 296 g/mol. The zero-order valence-corrected chi connectivity index (χ0v) is 12.5. The number of amides is 1. The monoisotopic (exact) mass is 296 g/mol. The molecule has 0 bridgehead atoms. The Hall–Kier alpha value is -0.850. The normalized spacial score (nSPS) is 13.2. The Morgan fingerprint density at radius 1 is 1.39 bits per heavy atom. The van der Waals surface area contributed by atoms with E-state index in [9.17, 15) is 4.79 Å². The van der Waals surface area contributed by atoms with Crippen LogP contribution in [0.4, 0.5) is 0 Å². The number of aromatic nitrogens is 1. The van der Waals surface area contributed by atoms with Gasteiger partial charge in [0, 0.05) is 10.4 Å². The Morgan fingerprint density at radius 3 is 2.83 bits per heavy atom. The van der Waals surface area contributed by atoms with E-state index in [2.05, 4.69) is 4.98 Å². The van der Waals surface area contributed by atoms with E-state index in [0.717, 1.165) is 38.9 Å². The van der Waals surface area contributed by atoms with Gasteiger partial charge in [0.25, 0.3) is 5.91 Å². The van der Waals surface area contributed by atoms with Crippen molar-refractivity contribution < 1.29 is 4.79 Å². The Labute approximate surface area is 117 Å². The molecule has 0 atom stereocenters. The van der Waals surface area contributed by atoms with Gasteiger partial charge in [0.05, 0.1) is 19.8 Å². The van der Waals surface area contributed by atoms with Crippen LogP contribution in [0, 0.1) is 6.92 Å². The minimum absolute atomic E-state index is 0.313. The Kier molecular flexibility index (Phi) is 2.96. The predicted molar refractivity (Wildman–Crippen MR) is 77.9 cm³/mol. The third kappa shape index (κ3) is 1.71. The summed E-state index contributed by atoms with van der Waals surface area (Å²) in [6, 6.07) is 0. The second-order valence-electron chi connectivity index (χ2n) is 4.15. The first-order valence-corrected chi connectivity index (χ1v) is 8.43. The van der Waals surface area contributed by atoms with Crippen LogP contribution in [0.25, 0.3) is 11.3 Å². The van der Waals surface area contributed by atoms with Crippen LogP contribution >= 0.6 is 34.4 Å². The van der Waals surface area contributed by atoms with Gasteiger partial charge in [-0.2, -0.15) is 0 Å². The lowest BCUT2D eigenvalue weighted by Gasteiger charge is -2.12. The van der Waals surface area contributed by atoms with E-state index < -0.39 is 0 Å². The molecule has 1 amide bonds. The quantitative estimate of drug-likeness (QED) is 0.866. The number of carbonyl (C=O) groups is 1. The summed E-state index contributed by atoms with van der Waals surface area (Å²) in [6.07, 6.45) is 3.91. The fraction of sp³-hybridized carbons (Fsp3) is 0.333. The summed E-state index contributed by atoms with van der Waals surface area (Å²) in [5, 5.41) is 1.09. The molecule has 18 heavy (non-hydrogen) atoms. The molecule has 2 aromatic heterocycles. The van der Waals surface area contributed by atoms with E-state index in [1.54, 1.807) is 23.1 Å². The number of thiophene rings is 1. The summed E-state index contributed by atoms with van der Waals surface area (Å²) >= 11 is 4.94. The molecule has 0 unspecified atom stereocenters. The number of aryl methyl sites for hydroxylation is 2. The minimum atomic E-state index is -0.313. The molecule has 0 aromatic carbocycles. The van der Waals surface area contributed by atoms with E-state index in [1.807, 2.05) is 13.2 Å². The molecule has 3 rings (SSSR count). The number of carbonyl (C=O) groups excluding carboxylic acids is 1. The smallest absolute Gasteiger partial charge is 0.259 e. The van der Waals surface area contributed by atoms with Gasteiger partial charge >= 0.3 is 0 Å². The molecule has 0 spiro atoms. The van der Waals surface area contributed by atoms with Crippen molar-refractivity contribution in [2.45, 2.75) is 24.0 Å². The number of hydrogen-bond donors (Lipinski definition) is 1. The summed E-state index contributed by atoms with van der Waals surface area (Å²) in [5.74, 6) is -0.313. The molecule has 0 saturated heterocycles. The summed E-state index contributed by atoms with van der Waals surface area (Å²) < 4.78 is 1.16. The zero-order valence-electron chi connectivity index (χ0n) is 10.1. The number of nitrogens with two attached hydrogens (primary N) is 1. The van der Waals surface area contributed by atoms with Gasteiger partial charge in [0.1, 0.15) is 0 Å². The first-order chi connectivity index (χ1) is 8.61.